The fraction of sp³-hybridized carbons (Fsp3) is 0.400. The van der Waals surface area contributed by atoms with Crippen LogP contribution in [0.15, 0.2) is 27.6 Å². The highest BCUT2D eigenvalue weighted by Gasteiger charge is 2.29. The van der Waals surface area contributed by atoms with Gasteiger partial charge < -0.3 is 10.5 Å². The molecular weight excluding hydrogens is 382 g/mol. The van der Waals surface area contributed by atoms with E-state index >= 15 is 0 Å². The molecule has 5 nitrogen and oxygen atoms in total. The highest BCUT2D eigenvalue weighted by molar-refractivity contribution is 9.10. The number of sulfonamides is 1. The monoisotopic (exact) mass is 394 g/mol. The molecule has 0 saturated heterocycles. The molecule has 0 aromatic heterocycles. The lowest BCUT2D eigenvalue weighted by molar-refractivity contribution is 0.0170. The molecule has 0 aliphatic heterocycles. The molecule has 0 aliphatic rings. The van der Waals surface area contributed by atoms with Gasteiger partial charge in [-0.3, -0.25) is 0 Å². The van der Waals surface area contributed by atoms with E-state index in [1.165, 1.54) is 19.2 Å². The third kappa shape index (κ3) is 5.49. The second-order valence-electron chi connectivity index (χ2n) is 3.71. The van der Waals surface area contributed by atoms with Crippen LogP contribution in [0.1, 0.15) is 0 Å². The van der Waals surface area contributed by atoms with Crippen molar-refractivity contribution in [2.45, 2.75) is 10.8 Å². The zero-order valence-electron chi connectivity index (χ0n) is 10.4. The Bertz CT molecular complexity index is 557. The summed E-state index contributed by atoms with van der Waals surface area (Å²) in [6.45, 7) is -1.99. The van der Waals surface area contributed by atoms with E-state index in [0.717, 1.165) is 0 Å². The molecule has 0 radical (unpaired) electrons. The van der Waals surface area contributed by atoms with Gasteiger partial charge in [0.1, 0.15) is 5.75 Å². The van der Waals surface area contributed by atoms with Crippen molar-refractivity contribution in [2.24, 2.45) is 5.73 Å². The van der Waals surface area contributed by atoms with Gasteiger partial charge in [-0.25, -0.2) is 21.9 Å². The minimum absolute atomic E-state index is 0. The number of halogens is 4. The van der Waals surface area contributed by atoms with Crippen molar-refractivity contribution in [3.05, 3.63) is 22.7 Å². The minimum Gasteiger partial charge on any atom is -0.497 e. The Morgan fingerprint density at radius 3 is 2.50 bits per heavy atom. The number of ether oxygens (including phenoxy) is 1. The van der Waals surface area contributed by atoms with Gasteiger partial charge in [0.2, 0.25) is 10.0 Å². The first-order valence-corrected chi connectivity index (χ1v) is 7.40. The number of methoxy groups -OCH3 is 1. The Labute approximate surface area is 130 Å². The zero-order valence-corrected chi connectivity index (χ0v) is 13.6. The Morgan fingerprint density at radius 1 is 1.40 bits per heavy atom. The number of nitrogens with two attached hydrogens (primary N) is 1. The van der Waals surface area contributed by atoms with Crippen molar-refractivity contribution in [3.63, 3.8) is 0 Å². The van der Waals surface area contributed by atoms with Gasteiger partial charge in [0.25, 0.3) is 5.92 Å². The molecule has 0 bridgehead atoms. The summed E-state index contributed by atoms with van der Waals surface area (Å²) in [5.74, 6) is -3.00. The largest absolute Gasteiger partial charge is 0.497 e. The van der Waals surface area contributed by atoms with Gasteiger partial charge in [0.15, 0.2) is 0 Å². The first-order valence-electron chi connectivity index (χ1n) is 5.12. The maximum Gasteiger partial charge on any atom is 0.273 e. The van der Waals surface area contributed by atoms with Crippen LogP contribution in [-0.2, 0) is 10.0 Å². The second-order valence-corrected chi connectivity index (χ2v) is 6.39. The lowest BCUT2D eigenvalue weighted by Crippen LogP contribution is -2.41. The summed E-state index contributed by atoms with van der Waals surface area (Å²) in [5.41, 5.74) is 4.83. The Morgan fingerprint density at radius 2 is 2.00 bits per heavy atom. The highest BCUT2D eigenvalue weighted by atomic mass is 79.9. The lowest BCUT2D eigenvalue weighted by atomic mass is 10.3. The Kier molecular flexibility index (Phi) is 7.33. The zero-order chi connectivity index (χ0) is 14.7. The molecule has 10 heteroatoms. The molecule has 1 aromatic carbocycles. The maximum atomic E-state index is 12.9. The summed E-state index contributed by atoms with van der Waals surface area (Å²) in [6, 6.07) is 4.06. The molecule has 3 N–H and O–H groups in total. The van der Waals surface area contributed by atoms with Crippen molar-refractivity contribution < 1.29 is 21.9 Å². The van der Waals surface area contributed by atoms with Crippen molar-refractivity contribution in [2.75, 3.05) is 20.2 Å². The average Bonchev–Trinajstić information content (AvgIpc) is 2.36. The maximum absolute atomic E-state index is 12.9. The van der Waals surface area contributed by atoms with E-state index in [1.807, 2.05) is 4.72 Å². The number of hydrogen-bond donors (Lipinski definition) is 2. The molecule has 1 rings (SSSR count). The molecule has 0 spiro atoms. The van der Waals surface area contributed by atoms with Gasteiger partial charge in [-0.15, -0.1) is 12.4 Å². The third-order valence-corrected chi connectivity index (χ3v) is 4.05. The normalized spacial score (nSPS) is 11.8. The van der Waals surface area contributed by atoms with Crippen LogP contribution in [-0.4, -0.2) is 34.5 Å². The van der Waals surface area contributed by atoms with Gasteiger partial charge in [-0.2, -0.15) is 0 Å². The van der Waals surface area contributed by atoms with E-state index < -0.39 is 29.0 Å². The van der Waals surface area contributed by atoms with Crippen LogP contribution in [0, 0.1) is 0 Å². The molecule has 20 heavy (non-hydrogen) atoms. The van der Waals surface area contributed by atoms with E-state index in [9.17, 15) is 17.2 Å². The van der Waals surface area contributed by atoms with Crippen LogP contribution in [0.3, 0.4) is 0 Å². The van der Waals surface area contributed by atoms with E-state index in [0.29, 0.717) is 10.2 Å². The molecule has 116 valence electrons. The molecular formula is C10H14BrClF2N2O3S. The topological polar surface area (TPSA) is 81.4 Å². The van der Waals surface area contributed by atoms with Gasteiger partial charge in [-0.1, -0.05) is 15.9 Å². The number of alkyl halides is 2. The van der Waals surface area contributed by atoms with Crippen molar-refractivity contribution >= 4 is 38.4 Å². The van der Waals surface area contributed by atoms with Gasteiger partial charge in [0.05, 0.1) is 25.1 Å². The smallest absolute Gasteiger partial charge is 0.273 e. The van der Waals surface area contributed by atoms with E-state index in [-0.39, 0.29) is 17.3 Å². The predicted octanol–water partition coefficient (Wildman–Crippen LogP) is 1.75. The summed E-state index contributed by atoms with van der Waals surface area (Å²) in [5, 5.41) is 0. The van der Waals surface area contributed by atoms with Crippen LogP contribution in [0.25, 0.3) is 0 Å². The summed E-state index contributed by atoms with van der Waals surface area (Å²) in [4.78, 5) is -0.174. The van der Waals surface area contributed by atoms with Crippen molar-refractivity contribution in [1.82, 2.24) is 4.72 Å². The average molecular weight is 396 g/mol. The predicted molar refractivity (Wildman–Crippen MR) is 77.1 cm³/mol. The van der Waals surface area contributed by atoms with E-state index in [4.69, 9.17) is 10.5 Å². The number of benzene rings is 1. The van der Waals surface area contributed by atoms with E-state index in [1.54, 1.807) is 6.07 Å². The van der Waals surface area contributed by atoms with Gasteiger partial charge in [0, 0.05) is 10.5 Å². The molecule has 0 atom stereocenters. The van der Waals surface area contributed by atoms with Crippen LogP contribution in [0.5, 0.6) is 5.75 Å². The quantitative estimate of drug-likeness (QED) is 0.769. The van der Waals surface area contributed by atoms with E-state index in [2.05, 4.69) is 15.9 Å². The Hall–Kier alpha value is -0.480. The van der Waals surface area contributed by atoms with Crippen molar-refractivity contribution in [1.29, 1.82) is 0 Å². The fourth-order valence-corrected chi connectivity index (χ4v) is 2.91. The molecule has 0 fully saturated rings. The summed E-state index contributed by atoms with van der Waals surface area (Å²) < 4.78 is 56.8. The minimum atomic E-state index is -4.05. The van der Waals surface area contributed by atoms with Gasteiger partial charge >= 0.3 is 0 Å². The summed E-state index contributed by atoms with van der Waals surface area (Å²) in [6.07, 6.45) is 0. The number of hydrogen-bond acceptors (Lipinski definition) is 4. The molecule has 0 unspecified atom stereocenters. The Balaban J connectivity index is 0.00000361. The first-order chi connectivity index (χ1) is 8.70. The molecule has 0 aliphatic carbocycles. The molecule has 0 amide bonds. The SMILES string of the molecule is COc1cc(Br)cc(S(=O)(=O)NCC(F)(F)CN)c1.Cl. The summed E-state index contributed by atoms with van der Waals surface area (Å²) in [7, 11) is -2.68. The van der Waals surface area contributed by atoms with Crippen LogP contribution in [0.4, 0.5) is 8.78 Å². The second kappa shape index (κ2) is 7.51. The van der Waals surface area contributed by atoms with Gasteiger partial charge in [-0.05, 0) is 12.1 Å². The number of rotatable bonds is 6. The van der Waals surface area contributed by atoms with Crippen molar-refractivity contribution in [3.8, 4) is 5.75 Å². The van der Waals surface area contributed by atoms with Crippen LogP contribution in [0.2, 0.25) is 0 Å². The third-order valence-electron chi connectivity index (χ3n) is 2.21. The lowest BCUT2D eigenvalue weighted by Gasteiger charge is -2.15. The first kappa shape index (κ1) is 19.5. The fourth-order valence-electron chi connectivity index (χ4n) is 1.17. The molecule has 0 heterocycles. The van der Waals surface area contributed by atoms with Crippen LogP contribution < -0.4 is 15.2 Å². The molecule has 0 saturated carbocycles. The summed E-state index contributed by atoms with van der Waals surface area (Å²) >= 11 is 3.11. The molecule has 1 aromatic rings. The number of nitrogens with one attached hydrogen (secondary N) is 1. The highest BCUT2D eigenvalue weighted by Crippen LogP contribution is 2.24. The van der Waals surface area contributed by atoms with Crippen LogP contribution >= 0.6 is 28.3 Å². The standard InChI is InChI=1S/C10H13BrF2N2O3S.ClH/c1-18-8-2-7(11)3-9(4-8)19(16,17)15-6-10(12,13)5-14;/h2-4,15H,5-6,14H2,1H3;1H.